The van der Waals surface area contributed by atoms with Crippen molar-refractivity contribution >= 4 is 15.9 Å². The summed E-state index contributed by atoms with van der Waals surface area (Å²) < 4.78 is 33.5. The van der Waals surface area contributed by atoms with Gasteiger partial charge in [-0.3, -0.25) is 0 Å². The largest absolute Gasteiger partial charge is 0.399 e. The molecule has 0 saturated heterocycles. The Balaban J connectivity index is 3.32. The Morgan fingerprint density at radius 1 is 1.53 bits per heavy atom. The van der Waals surface area contributed by atoms with Crippen LogP contribution < -0.4 is 5.73 Å². The van der Waals surface area contributed by atoms with E-state index in [2.05, 4.69) is 5.92 Å². The second-order valence-electron chi connectivity index (χ2n) is 3.18. The zero-order valence-electron chi connectivity index (χ0n) is 8.12. The fourth-order valence-electron chi connectivity index (χ4n) is 1.28. The summed E-state index contributed by atoms with van der Waals surface area (Å²) in [6.45, 7) is 1.63. The Morgan fingerprint density at radius 2 is 2.13 bits per heavy atom. The Morgan fingerprint density at radius 3 is 2.60 bits per heavy atom. The van der Waals surface area contributed by atoms with Gasteiger partial charge in [0.15, 0.2) is 0 Å². The summed E-state index contributed by atoms with van der Waals surface area (Å²) in [5, 5.41) is 0. The second kappa shape index (κ2) is 3.91. The molecule has 1 rings (SSSR count). The minimum Gasteiger partial charge on any atom is -0.399 e. The molecule has 0 amide bonds. The molecule has 1 aromatic carbocycles. The van der Waals surface area contributed by atoms with Crippen LogP contribution in [0.1, 0.15) is 16.7 Å². The molecule has 5 heteroatoms. The van der Waals surface area contributed by atoms with E-state index >= 15 is 0 Å². The van der Waals surface area contributed by atoms with Gasteiger partial charge in [-0.1, -0.05) is 5.92 Å². The van der Waals surface area contributed by atoms with Crippen molar-refractivity contribution in [1.29, 1.82) is 0 Å². The number of terminal acetylenes is 1. The predicted molar refractivity (Wildman–Crippen MR) is 57.3 cm³/mol. The van der Waals surface area contributed by atoms with Crippen LogP contribution in [0.5, 0.6) is 0 Å². The maximum atomic E-state index is 12.5. The molecule has 0 radical (unpaired) electrons. The third kappa shape index (κ3) is 2.96. The molecule has 2 N–H and O–H groups in total. The molecule has 0 aromatic heterocycles. The quantitative estimate of drug-likeness (QED) is 0.471. The number of nitrogen functional groups attached to an aromatic ring is 1. The number of halogens is 1. The van der Waals surface area contributed by atoms with Crippen molar-refractivity contribution in [3.8, 4) is 12.3 Å². The molecular weight excluding hydrogens is 217 g/mol. The van der Waals surface area contributed by atoms with Gasteiger partial charge in [0.05, 0.1) is 0 Å². The average molecular weight is 227 g/mol. The summed E-state index contributed by atoms with van der Waals surface area (Å²) in [7, 11) is -4.57. The lowest BCUT2D eigenvalue weighted by molar-refractivity contribution is 0.551. The van der Waals surface area contributed by atoms with E-state index in [1.165, 1.54) is 6.07 Å². The average Bonchev–Trinajstić information content (AvgIpc) is 2.08. The molecule has 0 atom stereocenters. The third-order valence-electron chi connectivity index (χ3n) is 2.02. The molecule has 0 fully saturated rings. The molecule has 1 aromatic rings. The van der Waals surface area contributed by atoms with E-state index in [0.29, 0.717) is 22.4 Å². The van der Waals surface area contributed by atoms with Gasteiger partial charge < -0.3 is 5.73 Å². The van der Waals surface area contributed by atoms with Gasteiger partial charge in [0.25, 0.3) is 0 Å². The maximum Gasteiger partial charge on any atom is 0.306 e. The summed E-state index contributed by atoms with van der Waals surface area (Å²) in [6.07, 6.45) is 5.20. The van der Waals surface area contributed by atoms with Gasteiger partial charge in [0.1, 0.15) is 5.75 Å². The van der Waals surface area contributed by atoms with Crippen LogP contribution in [0, 0.1) is 19.3 Å². The molecule has 3 nitrogen and oxygen atoms in total. The summed E-state index contributed by atoms with van der Waals surface area (Å²) in [5.74, 6) is 1.67. The molecule has 0 spiro atoms. The number of anilines is 1. The number of benzene rings is 1. The van der Waals surface area contributed by atoms with Crippen molar-refractivity contribution in [2.24, 2.45) is 0 Å². The van der Waals surface area contributed by atoms with Crippen molar-refractivity contribution in [3.05, 3.63) is 28.8 Å². The molecule has 80 valence electrons. The molecule has 0 saturated carbocycles. The van der Waals surface area contributed by atoms with Crippen LogP contribution in [0.2, 0.25) is 0 Å². The Kier molecular flexibility index (Phi) is 3.01. The second-order valence-corrected chi connectivity index (χ2v) is 4.55. The molecule has 0 unspecified atom stereocenters. The van der Waals surface area contributed by atoms with Gasteiger partial charge >= 0.3 is 10.2 Å². The summed E-state index contributed by atoms with van der Waals surface area (Å²) in [6, 6.07) is 2.96. The molecule has 0 aliphatic carbocycles. The Hall–Kier alpha value is -1.54. The van der Waals surface area contributed by atoms with Gasteiger partial charge in [-0.25, -0.2) is 0 Å². The number of hydrogen-bond acceptors (Lipinski definition) is 3. The van der Waals surface area contributed by atoms with E-state index < -0.39 is 16.0 Å². The fourth-order valence-corrected chi connectivity index (χ4v) is 1.96. The number of nitrogens with two attached hydrogens (primary N) is 1. The number of hydrogen-bond donors (Lipinski definition) is 1. The summed E-state index contributed by atoms with van der Waals surface area (Å²) in [4.78, 5) is 0. The van der Waals surface area contributed by atoms with Crippen molar-refractivity contribution in [2.75, 3.05) is 5.73 Å². The van der Waals surface area contributed by atoms with Crippen LogP contribution in [-0.4, -0.2) is 8.42 Å². The summed E-state index contributed by atoms with van der Waals surface area (Å²) >= 11 is 0. The molecule has 0 heterocycles. The number of rotatable bonds is 2. The van der Waals surface area contributed by atoms with Crippen LogP contribution in [0.15, 0.2) is 12.1 Å². The lowest BCUT2D eigenvalue weighted by Crippen LogP contribution is -2.02. The Labute approximate surface area is 88.3 Å². The standard InChI is InChI=1S/C10H10FNO2S/c1-3-8-4-10(12)5-9(7(8)2)6-15(11,13)14/h1,4-5H,6,12H2,2H3. The topological polar surface area (TPSA) is 60.2 Å². The van der Waals surface area contributed by atoms with E-state index in [0.717, 1.165) is 0 Å². The van der Waals surface area contributed by atoms with Crippen molar-refractivity contribution in [3.63, 3.8) is 0 Å². The highest BCUT2D eigenvalue weighted by Crippen LogP contribution is 2.20. The molecule has 0 aliphatic rings. The van der Waals surface area contributed by atoms with E-state index in [-0.39, 0.29) is 0 Å². The fraction of sp³-hybridized carbons (Fsp3) is 0.200. The zero-order chi connectivity index (χ0) is 11.6. The van der Waals surface area contributed by atoms with Crippen molar-refractivity contribution < 1.29 is 12.3 Å². The van der Waals surface area contributed by atoms with Gasteiger partial charge in [-0.2, -0.15) is 8.42 Å². The van der Waals surface area contributed by atoms with Crippen LogP contribution in [0.4, 0.5) is 9.57 Å². The maximum absolute atomic E-state index is 12.5. The van der Waals surface area contributed by atoms with Crippen molar-refractivity contribution in [2.45, 2.75) is 12.7 Å². The van der Waals surface area contributed by atoms with Gasteiger partial charge in [-0.15, -0.1) is 10.3 Å². The smallest absolute Gasteiger partial charge is 0.306 e. The first kappa shape index (κ1) is 11.5. The van der Waals surface area contributed by atoms with E-state index in [4.69, 9.17) is 12.2 Å². The monoisotopic (exact) mass is 227 g/mol. The first-order chi connectivity index (χ1) is 6.83. The molecule has 0 aliphatic heterocycles. The minimum atomic E-state index is -4.57. The normalized spacial score (nSPS) is 11.0. The molecule has 15 heavy (non-hydrogen) atoms. The van der Waals surface area contributed by atoms with Crippen LogP contribution in [0.25, 0.3) is 0 Å². The third-order valence-corrected chi connectivity index (χ3v) is 2.68. The predicted octanol–water partition coefficient (Wildman–Crippen LogP) is 1.36. The minimum absolute atomic E-state index is 0.297. The van der Waals surface area contributed by atoms with Gasteiger partial charge in [-0.05, 0) is 30.2 Å². The molecule has 0 bridgehead atoms. The van der Waals surface area contributed by atoms with E-state index in [1.807, 2.05) is 0 Å². The van der Waals surface area contributed by atoms with E-state index in [1.54, 1.807) is 13.0 Å². The first-order valence-electron chi connectivity index (χ1n) is 4.11. The van der Waals surface area contributed by atoms with E-state index in [9.17, 15) is 12.3 Å². The van der Waals surface area contributed by atoms with Crippen LogP contribution >= 0.6 is 0 Å². The highest BCUT2D eigenvalue weighted by Gasteiger charge is 2.13. The zero-order valence-corrected chi connectivity index (χ0v) is 8.94. The highest BCUT2D eigenvalue weighted by atomic mass is 32.3. The SMILES string of the molecule is C#Cc1cc(N)cc(CS(=O)(=O)F)c1C. The molecular formula is C10H10FNO2S. The lowest BCUT2D eigenvalue weighted by Gasteiger charge is -2.07. The van der Waals surface area contributed by atoms with Crippen LogP contribution in [0.3, 0.4) is 0 Å². The lowest BCUT2D eigenvalue weighted by atomic mass is 10.0. The summed E-state index contributed by atoms with van der Waals surface area (Å²) in [5.41, 5.74) is 7.18. The van der Waals surface area contributed by atoms with Gasteiger partial charge in [0, 0.05) is 11.3 Å². The Bertz CT molecular complexity index is 529. The van der Waals surface area contributed by atoms with Gasteiger partial charge in [0.2, 0.25) is 0 Å². The first-order valence-corrected chi connectivity index (χ1v) is 5.66. The van der Waals surface area contributed by atoms with Crippen LogP contribution in [-0.2, 0) is 16.0 Å². The highest BCUT2D eigenvalue weighted by molar-refractivity contribution is 7.85. The van der Waals surface area contributed by atoms with Crippen molar-refractivity contribution in [1.82, 2.24) is 0 Å².